The second-order valence-electron chi connectivity index (χ2n) is 6.02. The summed E-state index contributed by atoms with van der Waals surface area (Å²) in [6.07, 6.45) is 4.04. The van der Waals surface area contributed by atoms with Crippen LogP contribution in [0.5, 0.6) is 0 Å². The molecule has 0 bridgehead atoms. The molecule has 3 rings (SSSR count). The molecule has 1 fully saturated rings. The summed E-state index contributed by atoms with van der Waals surface area (Å²) in [7, 11) is 2.08. The summed E-state index contributed by atoms with van der Waals surface area (Å²) in [6, 6.07) is 13.2. The fourth-order valence-electron chi connectivity index (χ4n) is 3.83. The second-order valence-corrected chi connectivity index (χ2v) is 6.43. The standard InChI is InChI=1S/C18H22ClN/c1-12-6-5-9-13(12)18(20-2)16-10-11-17(19)15-8-4-3-7-14(15)16/h3-4,7-8,10-13,18,20H,5-6,9H2,1-2H3. The molecule has 1 aliphatic rings. The highest BCUT2D eigenvalue weighted by molar-refractivity contribution is 6.35. The molecule has 0 saturated heterocycles. The van der Waals surface area contributed by atoms with E-state index in [9.17, 15) is 0 Å². The monoisotopic (exact) mass is 287 g/mol. The van der Waals surface area contributed by atoms with E-state index in [4.69, 9.17) is 11.6 Å². The smallest absolute Gasteiger partial charge is 0.0484 e. The van der Waals surface area contributed by atoms with Crippen LogP contribution < -0.4 is 5.32 Å². The summed E-state index contributed by atoms with van der Waals surface area (Å²) in [6.45, 7) is 2.39. The average Bonchev–Trinajstić information content (AvgIpc) is 2.89. The maximum atomic E-state index is 6.34. The van der Waals surface area contributed by atoms with Gasteiger partial charge in [0.15, 0.2) is 0 Å². The van der Waals surface area contributed by atoms with E-state index in [1.54, 1.807) is 0 Å². The van der Waals surface area contributed by atoms with Crippen LogP contribution in [0.3, 0.4) is 0 Å². The van der Waals surface area contributed by atoms with Crippen LogP contribution in [0, 0.1) is 11.8 Å². The average molecular weight is 288 g/mol. The lowest BCUT2D eigenvalue weighted by Gasteiger charge is -2.28. The van der Waals surface area contributed by atoms with Gasteiger partial charge in [0, 0.05) is 16.5 Å². The Bertz CT molecular complexity index is 607. The maximum absolute atomic E-state index is 6.34. The molecule has 2 aromatic carbocycles. The van der Waals surface area contributed by atoms with Crippen LogP contribution in [-0.2, 0) is 0 Å². The van der Waals surface area contributed by atoms with Crippen molar-refractivity contribution in [3.05, 3.63) is 47.0 Å². The Morgan fingerprint density at radius 2 is 1.85 bits per heavy atom. The van der Waals surface area contributed by atoms with Gasteiger partial charge >= 0.3 is 0 Å². The Morgan fingerprint density at radius 1 is 1.10 bits per heavy atom. The van der Waals surface area contributed by atoms with Gasteiger partial charge in [0.05, 0.1) is 0 Å². The number of rotatable bonds is 3. The van der Waals surface area contributed by atoms with Gasteiger partial charge in [-0.25, -0.2) is 0 Å². The van der Waals surface area contributed by atoms with Gasteiger partial charge in [-0.15, -0.1) is 0 Å². The van der Waals surface area contributed by atoms with E-state index in [2.05, 4.69) is 49.6 Å². The molecule has 2 aromatic rings. The Morgan fingerprint density at radius 3 is 2.50 bits per heavy atom. The summed E-state index contributed by atoms with van der Waals surface area (Å²) in [4.78, 5) is 0. The fourth-order valence-corrected chi connectivity index (χ4v) is 4.05. The molecule has 0 amide bonds. The summed E-state index contributed by atoms with van der Waals surface area (Å²) in [5, 5.41) is 6.86. The van der Waals surface area contributed by atoms with Crippen molar-refractivity contribution in [2.24, 2.45) is 11.8 Å². The van der Waals surface area contributed by atoms with Crippen LogP contribution in [0.1, 0.15) is 37.8 Å². The van der Waals surface area contributed by atoms with Gasteiger partial charge in [0.2, 0.25) is 0 Å². The van der Waals surface area contributed by atoms with Crippen LogP contribution in [0.25, 0.3) is 10.8 Å². The second kappa shape index (κ2) is 5.75. The molecule has 1 saturated carbocycles. The van der Waals surface area contributed by atoms with E-state index in [1.807, 2.05) is 6.07 Å². The van der Waals surface area contributed by atoms with Crippen LogP contribution in [-0.4, -0.2) is 7.05 Å². The Hall–Kier alpha value is -1.05. The van der Waals surface area contributed by atoms with Gasteiger partial charge in [-0.2, -0.15) is 0 Å². The van der Waals surface area contributed by atoms with E-state index in [0.29, 0.717) is 6.04 Å². The molecule has 1 aliphatic carbocycles. The highest BCUT2D eigenvalue weighted by Crippen LogP contribution is 2.42. The lowest BCUT2D eigenvalue weighted by Crippen LogP contribution is -2.27. The zero-order chi connectivity index (χ0) is 14.1. The van der Waals surface area contributed by atoms with E-state index in [1.165, 1.54) is 30.2 Å². The van der Waals surface area contributed by atoms with Gasteiger partial charge < -0.3 is 5.32 Å². The van der Waals surface area contributed by atoms with Gasteiger partial charge in [-0.05, 0) is 42.3 Å². The first kappa shape index (κ1) is 13.9. The third kappa shape index (κ3) is 2.34. The molecule has 0 spiro atoms. The third-order valence-electron chi connectivity index (χ3n) is 4.91. The zero-order valence-electron chi connectivity index (χ0n) is 12.2. The third-order valence-corrected chi connectivity index (χ3v) is 5.24. The van der Waals surface area contributed by atoms with Gasteiger partial charge in [-0.3, -0.25) is 0 Å². The largest absolute Gasteiger partial charge is 0.313 e. The number of benzene rings is 2. The minimum Gasteiger partial charge on any atom is -0.313 e. The van der Waals surface area contributed by atoms with Gasteiger partial charge in [0.1, 0.15) is 0 Å². The van der Waals surface area contributed by atoms with Crippen LogP contribution in [0.2, 0.25) is 5.02 Å². The molecule has 0 heterocycles. The first-order valence-corrected chi connectivity index (χ1v) is 7.94. The molecular formula is C18H22ClN. The topological polar surface area (TPSA) is 12.0 Å². The van der Waals surface area contributed by atoms with Crippen LogP contribution in [0.4, 0.5) is 0 Å². The van der Waals surface area contributed by atoms with Crippen molar-refractivity contribution in [1.29, 1.82) is 0 Å². The van der Waals surface area contributed by atoms with Crippen LogP contribution in [0.15, 0.2) is 36.4 Å². The number of fused-ring (bicyclic) bond motifs is 1. The molecule has 3 unspecified atom stereocenters. The summed E-state index contributed by atoms with van der Waals surface area (Å²) >= 11 is 6.34. The minimum atomic E-state index is 0.426. The highest BCUT2D eigenvalue weighted by Gasteiger charge is 2.31. The van der Waals surface area contributed by atoms with Crippen molar-refractivity contribution in [2.45, 2.75) is 32.2 Å². The van der Waals surface area contributed by atoms with Crippen molar-refractivity contribution in [2.75, 3.05) is 7.05 Å². The normalized spacial score (nSPS) is 24.1. The fraction of sp³-hybridized carbons (Fsp3) is 0.444. The first-order valence-electron chi connectivity index (χ1n) is 7.56. The zero-order valence-corrected chi connectivity index (χ0v) is 13.0. The molecule has 0 radical (unpaired) electrons. The molecule has 1 N–H and O–H groups in total. The maximum Gasteiger partial charge on any atom is 0.0484 e. The molecular weight excluding hydrogens is 266 g/mol. The van der Waals surface area contributed by atoms with Crippen LogP contribution >= 0.6 is 11.6 Å². The molecule has 2 heteroatoms. The van der Waals surface area contributed by atoms with E-state index >= 15 is 0 Å². The minimum absolute atomic E-state index is 0.426. The van der Waals surface area contributed by atoms with Crippen molar-refractivity contribution in [1.82, 2.24) is 5.32 Å². The van der Waals surface area contributed by atoms with Gasteiger partial charge in [-0.1, -0.05) is 61.7 Å². The lowest BCUT2D eigenvalue weighted by atomic mass is 9.84. The predicted molar refractivity (Wildman–Crippen MR) is 87.3 cm³/mol. The van der Waals surface area contributed by atoms with Crippen molar-refractivity contribution in [3.8, 4) is 0 Å². The molecule has 0 aromatic heterocycles. The quantitative estimate of drug-likeness (QED) is 0.819. The molecule has 106 valence electrons. The predicted octanol–water partition coefficient (Wildman–Crippen LogP) is 5.19. The summed E-state index contributed by atoms with van der Waals surface area (Å²) in [5.41, 5.74) is 1.39. The Balaban J connectivity index is 2.10. The Kier molecular flexibility index (Phi) is 4.00. The Labute approximate surface area is 126 Å². The van der Waals surface area contributed by atoms with E-state index in [-0.39, 0.29) is 0 Å². The number of hydrogen-bond acceptors (Lipinski definition) is 1. The molecule has 20 heavy (non-hydrogen) atoms. The van der Waals surface area contributed by atoms with Crippen molar-refractivity contribution < 1.29 is 0 Å². The number of hydrogen-bond donors (Lipinski definition) is 1. The van der Waals surface area contributed by atoms with Crippen molar-refractivity contribution in [3.63, 3.8) is 0 Å². The van der Waals surface area contributed by atoms with E-state index in [0.717, 1.165) is 22.2 Å². The molecule has 0 aliphatic heterocycles. The SMILES string of the molecule is CNC(c1ccc(Cl)c2ccccc12)C1CCCC1C. The molecule has 3 atom stereocenters. The van der Waals surface area contributed by atoms with Gasteiger partial charge in [0.25, 0.3) is 0 Å². The van der Waals surface area contributed by atoms with E-state index < -0.39 is 0 Å². The summed E-state index contributed by atoms with van der Waals surface area (Å²) in [5.74, 6) is 1.52. The number of nitrogens with one attached hydrogen (secondary N) is 1. The summed E-state index contributed by atoms with van der Waals surface area (Å²) < 4.78 is 0. The van der Waals surface area contributed by atoms with Crippen molar-refractivity contribution >= 4 is 22.4 Å². The molecule has 1 nitrogen and oxygen atoms in total. The number of halogens is 1. The highest BCUT2D eigenvalue weighted by atomic mass is 35.5. The first-order chi connectivity index (χ1) is 9.72. The lowest BCUT2D eigenvalue weighted by molar-refractivity contribution is 0.317.